The highest BCUT2D eigenvalue weighted by Gasteiger charge is 2.05. The van der Waals surface area contributed by atoms with Gasteiger partial charge in [0.2, 0.25) is 0 Å². The molecule has 25 heavy (non-hydrogen) atoms. The van der Waals surface area contributed by atoms with Crippen LogP contribution in [0.25, 0.3) is 11.0 Å². The maximum absolute atomic E-state index is 5.80. The molecule has 0 bridgehead atoms. The topological polar surface area (TPSA) is 62.5 Å². The first-order valence-corrected chi connectivity index (χ1v) is 9.03. The summed E-state index contributed by atoms with van der Waals surface area (Å²) in [5.74, 6) is 1.63. The summed E-state index contributed by atoms with van der Waals surface area (Å²) < 4.78 is 5.80. The lowest BCUT2D eigenvalue weighted by Gasteiger charge is -2.09. The molecule has 3 aromatic rings. The number of benzene rings is 1. The number of aliphatic imine (C=N–C) groups is 1. The second-order valence-corrected chi connectivity index (χ2v) is 6.57. The summed E-state index contributed by atoms with van der Waals surface area (Å²) >= 11 is 1.74. The lowest BCUT2D eigenvalue weighted by molar-refractivity contribution is 0.551. The van der Waals surface area contributed by atoms with E-state index in [2.05, 4.69) is 34.5 Å². The number of rotatable bonds is 6. The van der Waals surface area contributed by atoms with E-state index >= 15 is 0 Å². The van der Waals surface area contributed by atoms with Gasteiger partial charge in [0.1, 0.15) is 22.9 Å². The van der Waals surface area contributed by atoms with Crippen molar-refractivity contribution in [3.05, 3.63) is 52.2 Å². The van der Waals surface area contributed by atoms with E-state index in [4.69, 9.17) is 4.42 Å². The van der Waals surface area contributed by atoms with E-state index in [1.165, 1.54) is 4.88 Å². The number of fused-ring (bicyclic) bond motifs is 1. The van der Waals surface area contributed by atoms with Crippen LogP contribution in [0.4, 0.5) is 0 Å². The molecular formula is C18H23IN4OS. The van der Waals surface area contributed by atoms with Crippen molar-refractivity contribution in [2.24, 2.45) is 4.99 Å². The fraction of sp³-hybridized carbons (Fsp3) is 0.333. The van der Waals surface area contributed by atoms with Crippen LogP contribution in [-0.2, 0) is 19.5 Å². The van der Waals surface area contributed by atoms with Gasteiger partial charge in [0.25, 0.3) is 0 Å². The van der Waals surface area contributed by atoms with E-state index in [-0.39, 0.29) is 24.0 Å². The van der Waals surface area contributed by atoms with E-state index in [1.54, 1.807) is 11.3 Å². The summed E-state index contributed by atoms with van der Waals surface area (Å²) in [5, 5.41) is 8.75. The van der Waals surface area contributed by atoms with Gasteiger partial charge in [-0.1, -0.05) is 25.1 Å². The minimum Gasteiger partial charge on any atom is -0.459 e. The number of para-hydroxylation sites is 1. The van der Waals surface area contributed by atoms with Gasteiger partial charge in [-0.15, -0.1) is 35.3 Å². The molecule has 3 rings (SSSR count). The Morgan fingerprint density at radius 3 is 2.80 bits per heavy atom. The lowest BCUT2D eigenvalue weighted by Crippen LogP contribution is -2.36. The van der Waals surface area contributed by atoms with Gasteiger partial charge in [0, 0.05) is 23.0 Å². The van der Waals surface area contributed by atoms with Crippen molar-refractivity contribution in [1.82, 2.24) is 15.6 Å². The van der Waals surface area contributed by atoms with Crippen LogP contribution in [0.2, 0.25) is 0 Å². The number of hydrogen-bond acceptors (Lipinski definition) is 4. The van der Waals surface area contributed by atoms with Crippen LogP contribution in [0.3, 0.4) is 0 Å². The fourth-order valence-electron chi connectivity index (χ4n) is 2.37. The highest BCUT2D eigenvalue weighted by Crippen LogP contribution is 2.19. The Bertz CT molecular complexity index is 794. The van der Waals surface area contributed by atoms with Crippen LogP contribution >= 0.6 is 35.3 Å². The van der Waals surface area contributed by atoms with Gasteiger partial charge in [-0.2, -0.15) is 0 Å². The van der Waals surface area contributed by atoms with E-state index in [0.717, 1.165) is 40.7 Å². The van der Waals surface area contributed by atoms with Gasteiger partial charge in [-0.3, -0.25) is 0 Å². The highest BCUT2D eigenvalue weighted by atomic mass is 127. The third kappa shape index (κ3) is 5.43. The van der Waals surface area contributed by atoms with Crippen LogP contribution in [-0.4, -0.2) is 17.5 Å². The zero-order chi connectivity index (χ0) is 16.8. The first-order chi connectivity index (χ1) is 11.8. The second kappa shape index (κ2) is 9.76. The summed E-state index contributed by atoms with van der Waals surface area (Å²) in [7, 11) is 0. The fourth-order valence-corrected chi connectivity index (χ4v) is 3.17. The standard InChI is InChI=1S/C18H22N4OS.HI/c1-3-15-11-20-17(24-15)12-22-18(19-4-2)21-10-14-9-13-7-5-6-8-16(13)23-14;/h5-9,11H,3-4,10,12H2,1-2H3,(H2,19,21,22);1H. The molecular weight excluding hydrogens is 447 g/mol. The zero-order valence-corrected chi connectivity index (χ0v) is 17.6. The number of thiazole rings is 1. The Labute approximate surface area is 169 Å². The molecule has 0 atom stereocenters. The van der Waals surface area contributed by atoms with Crippen LogP contribution < -0.4 is 10.6 Å². The molecule has 2 aromatic heterocycles. The molecule has 0 unspecified atom stereocenters. The quantitative estimate of drug-likeness (QED) is 0.320. The number of hydrogen-bond donors (Lipinski definition) is 2. The first kappa shape index (κ1) is 19.7. The molecule has 2 heterocycles. The Morgan fingerprint density at radius 2 is 2.08 bits per heavy atom. The Kier molecular flexibility index (Phi) is 7.70. The van der Waals surface area contributed by atoms with Crippen molar-refractivity contribution in [2.75, 3.05) is 6.54 Å². The van der Waals surface area contributed by atoms with Crippen LogP contribution in [0.5, 0.6) is 0 Å². The second-order valence-electron chi connectivity index (χ2n) is 5.37. The van der Waals surface area contributed by atoms with Gasteiger partial charge in [0.15, 0.2) is 5.96 Å². The van der Waals surface area contributed by atoms with Crippen molar-refractivity contribution in [1.29, 1.82) is 0 Å². The number of guanidine groups is 1. The number of aryl methyl sites for hydroxylation is 1. The van der Waals surface area contributed by atoms with Crippen molar-refractivity contribution in [3.8, 4) is 0 Å². The van der Waals surface area contributed by atoms with Crippen molar-refractivity contribution in [2.45, 2.75) is 33.4 Å². The van der Waals surface area contributed by atoms with Crippen molar-refractivity contribution in [3.63, 3.8) is 0 Å². The number of nitrogens with zero attached hydrogens (tertiary/aromatic N) is 2. The molecule has 0 spiro atoms. The third-order valence-corrected chi connectivity index (χ3v) is 4.71. The maximum atomic E-state index is 5.80. The predicted molar refractivity (Wildman–Crippen MR) is 115 cm³/mol. The number of nitrogens with one attached hydrogen (secondary N) is 2. The molecule has 0 saturated heterocycles. The molecule has 7 heteroatoms. The Hall–Kier alpha value is -1.61. The minimum absolute atomic E-state index is 0. The van der Waals surface area contributed by atoms with Crippen LogP contribution in [0, 0.1) is 0 Å². The smallest absolute Gasteiger partial charge is 0.192 e. The monoisotopic (exact) mass is 470 g/mol. The van der Waals surface area contributed by atoms with Gasteiger partial charge < -0.3 is 15.1 Å². The highest BCUT2D eigenvalue weighted by molar-refractivity contribution is 14.0. The molecule has 0 saturated carbocycles. The van der Waals surface area contributed by atoms with Gasteiger partial charge in [-0.05, 0) is 25.5 Å². The zero-order valence-electron chi connectivity index (χ0n) is 14.4. The Morgan fingerprint density at radius 1 is 1.24 bits per heavy atom. The SMILES string of the molecule is CCNC(=NCc1cc2ccccc2o1)NCc1ncc(CC)s1.I. The summed E-state index contributed by atoms with van der Waals surface area (Å²) in [6, 6.07) is 10.0. The molecule has 1 aromatic carbocycles. The third-order valence-electron chi connectivity index (χ3n) is 3.57. The molecule has 134 valence electrons. The molecule has 5 nitrogen and oxygen atoms in total. The van der Waals surface area contributed by atoms with E-state index in [1.807, 2.05) is 36.5 Å². The van der Waals surface area contributed by atoms with Crippen molar-refractivity contribution < 1.29 is 4.42 Å². The van der Waals surface area contributed by atoms with Crippen molar-refractivity contribution >= 4 is 52.2 Å². The number of halogens is 1. The number of furan rings is 1. The van der Waals surface area contributed by atoms with E-state index < -0.39 is 0 Å². The molecule has 0 aliphatic heterocycles. The van der Waals surface area contributed by atoms with Gasteiger partial charge in [-0.25, -0.2) is 9.98 Å². The first-order valence-electron chi connectivity index (χ1n) is 8.21. The van der Waals surface area contributed by atoms with Crippen LogP contribution in [0.1, 0.15) is 29.5 Å². The maximum Gasteiger partial charge on any atom is 0.192 e. The largest absolute Gasteiger partial charge is 0.459 e. The average Bonchev–Trinajstić information content (AvgIpc) is 3.23. The predicted octanol–water partition coefficient (Wildman–Crippen LogP) is 4.33. The van der Waals surface area contributed by atoms with Gasteiger partial charge in [0.05, 0.1) is 6.54 Å². The molecule has 0 fully saturated rings. The van der Waals surface area contributed by atoms with Gasteiger partial charge >= 0.3 is 0 Å². The molecule has 2 N–H and O–H groups in total. The molecule has 0 amide bonds. The lowest BCUT2D eigenvalue weighted by atomic mass is 10.2. The summed E-state index contributed by atoms with van der Waals surface area (Å²) in [6.45, 7) is 6.18. The summed E-state index contributed by atoms with van der Waals surface area (Å²) in [5.41, 5.74) is 0.899. The van der Waals surface area contributed by atoms with Crippen LogP contribution in [0.15, 0.2) is 45.9 Å². The summed E-state index contributed by atoms with van der Waals surface area (Å²) in [6.07, 6.45) is 2.97. The molecule has 0 aliphatic carbocycles. The Balaban J connectivity index is 0.00000225. The van der Waals surface area contributed by atoms with E-state index in [9.17, 15) is 0 Å². The number of aromatic nitrogens is 1. The average molecular weight is 470 g/mol. The molecule has 0 radical (unpaired) electrons. The minimum atomic E-state index is 0. The summed E-state index contributed by atoms with van der Waals surface area (Å²) in [4.78, 5) is 10.3. The molecule has 0 aliphatic rings. The van der Waals surface area contributed by atoms with E-state index in [0.29, 0.717) is 13.1 Å². The normalized spacial score (nSPS) is 11.4.